The molecular weight excluding hydrogens is 266 g/mol. The zero-order valence-electron chi connectivity index (χ0n) is 12.9. The first-order chi connectivity index (χ1) is 10.2. The number of hydrogen-bond donors (Lipinski definition) is 2. The number of nitrogens with zero attached hydrogens (tertiary/aromatic N) is 3. The van der Waals surface area contributed by atoms with E-state index in [0.29, 0.717) is 12.4 Å². The maximum Gasteiger partial charge on any atom is 0.213 e. The molecule has 2 heterocycles. The molecule has 114 valence electrons. The number of aryl methyl sites for hydroxylation is 2. The number of anilines is 2. The first-order valence-electron chi connectivity index (χ1n) is 7.54. The predicted molar refractivity (Wildman–Crippen MR) is 83.4 cm³/mol. The number of hydrogen-bond acceptors (Lipinski definition) is 6. The van der Waals surface area contributed by atoms with E-state index in [1.807, 2.05) is 19.9 Å². The maximum absolute atomic E-state index is 5.57. The summed E-state index contributed by atoms with van der Waals surface area (Å²) in [4.78, 5) is 13.2. The molecule has 6 heteroatoms. The Balaban J connectivity index is 2.03. The molecule has 0 bridgehead atoms. The monoisotopic (exact) mass is 289 g/mol. The van der Waals surface area contributed by atoms with Crippen molar-refractivity contribution in [3.05, 3.63) is 29.7 Å². The van der Waals surface area contributed by atoms with Crippen LogP contribution < -0.4 is 10.6 Å². The summed E-state index contributed by atoms with van der Waals surface area (Å²) in [6.45, 7) is 7.64. The van der Waals surface area contributed by atoms with Gasteiger partial charge in [-0.1, -0.05) is 20.8 Å². The first-order valence-corrected chi connectivity index (χ1v) is 7.54. The minimum absolute atomic E-state index is 0.521. The predicted octanol–water partition coefficient (Wildman–Crippen LogP) is 3.02. The molecule has 0 aliphatic rings. The van der Waals surface area contributed by atoms with Crippen molar-refractivity contribution in [2.45, 2.75) is 46.6 Å². The van der Waals surface area contributed by atoms with Crippen molar-refractivity contribution in [3.8, 4) is 0 Å². The van der Waals surface area contributed by atoms with Crippen LogP contribution in [-0.4, -0.2) is 21.5 Å². The molecule has 0 aliphatic heterocycles. The van der Waals surface area contributed by atoms with Crippen LogP contribution in [-0.2, 0) is 19.4 Å². The molecule has 2 rings (SSSR count). The van der Waals surface area contributed by atoms with Gasteiger partial charge in [0, 0.05) is 25.5 Å². The summed E-state index contributed by atoms with van der Waals surface area (Å²) in [6.07, 6.45) is 4.48. The van der Waals surface area contributed by atoms with E-state index in [-0.39, 0.29) is 0 Å². The third kappa shape index (κ3) is 4.44. The molecule has 0 saturated carbocycles. The SMILES string of the molecule is CCCNc1cc(NCc2ncc(CC)o2)nc(CC)n1. The Labute approximate surface area is 125 Å². The normalized spacial score (nSPS) is 10.6. The molecule has 6 nitrogen and oxygen atoms in total. The van der Waals surface area contributed by atoms with Gasteiger partial charge in [-0.2, -0.15) is 0 Å². The van der Waals surface area contributed by atoms with Gasteiger partial charge < -0.3 is 15.1 Å². The van der Waals surface area contributed by atoms with Crippen molar-refractivity contribution in [3.63, 3.8) is 0 Å². The summed E-state index contributed by atoms with van der Waals surface area (Å²) >= 11 is 0. The lowest BCUT2D eigenvalue weighted by Crippen LogP contribution is -2.08. The number of nitrogens with one attached hydrogen (secondary N) is 2. The van der Waals surface area contributed by atoms with Crippen LogP contribution in [0, 0.1) is 0 Å². The third-order valence-corrected chi connectivity index (χ3v) is 3.02. The summed E-state index contributed by atoms with van der Waals surface area (Å²) in [6, 6.07) is 1.92. The van der Waals surface area contributed by atoms with Crippen LogP contribution in [0.4, 0.5) is 11.6 Å². The average Bonchev–Trinajstić information content (AvgIpc) is 2.98. The highest BCUT2D eigenvalue weighted by atomic mass is 16.4. The highest BCUT2D eigenvalue weighted by Gasteiger charge is 2.06. The Kier molecular flexibility index (Phi) is 5.54. The molecule has 0 aliphatic carbocycles. The van der Waals surface area contributed by atoms with Crippen molar-refractivity contribution in [2.75, 3.05) is 17.2 Å². The quantitative estimate of drug-likeness (QED) is 0.778. The van der Waals surface area contributed by atoms with Gasteiger partial charge in [-0.15, -0.1) is 0 Å². The highest BCUT2D eigenvalue weighted by molar-refractivity contribution is 5.47. The second kappa shape index (κ2) is 7.61. The standard InChI is InChI=1S/C15H23N5O/c1-4-7-16-13-8-14(20-12(6-3)19-13)17-10-15-18-9-11(5-2)21-15/h8-9H,4-7,10H2,1-3H3,(H2,16,17,19,20). The second-order valence-electron chi connectivity index (χ2n) is 4.76. The summed E-state index contributed by atoms with van der Waals surface area (Å²) < 4.78 is 5.57. The van der Waals surface area contributed by atoms with E-state index in [1.54, 1.807) is 6.20 Å². The van der Waals surface area contributed by atoms with Gasteiger partial charge in [0.2, 0.25) is 5.89 Å². The molecule has 0 amide bonds. The Morgan fingerprint density at radius 2 is 1.81 bits per heavy atom. The second-order valence-corrected chi connectivity index (χ2v) is 4.76. The fourth-order valence-corrected chi connectivity index (χ4v) is 1.85. The smallest absolute Gasteiger partial charge is 0.213 e. The molecule has 2 N–H and O–H groups in total. The van der Waals surface area contributed by atoms with Crippen LogP contribution in [0.25, 0.3) is 0 Å². The van der Waals surface area contributed by atoms with Gasteiger partial charge in [-0.25, -0.2) is 15.0 Å². The molecule has 0 radical (unpaired) electrons. The molecule has 0 atom stereocenters. The molecular formula is C15H23N5O. The Hall–Kier alpha value is -2.11. The van der Waals surface area contributed by atoms with Crippen molar-refractivity contribution in [2.24, 2.45) is 0 Å². The van der Waals surface area contributed by atoms with E-state index in [4.69, 9.17) is 4.42 Å². The summed E-state index contributed by atoms with van der Waals surface area (Å²) in [7, 11) is 0. The first kappa shape index (κ1) is 15.3. The summed E-state index contributed by atoms with van der Waals surface area (Å²) in [5.41, 5.74) is 0. The van der Waals surface area contributed by atoms with Gasteiger partial charge >= 0.3 is 0 Å². The van der Waals surface area contributed by atoms with E-state index in [9.17, 15) is 0 Å². The lowest BCUT2D eigenvalue weighted by atomic mass is 10.4. The zero-order chi connectivity index (χ0) is 15.1. The molecule has 21 heavy (non-hydrogen) atoms. The van der Waals surface area contributed by atoms with Crippen molar-refractivity contribution < 1.29 is 4.42 Å². The van der Waals surface area contributed by atoms with Crippen LogP contribution in [0.2, 0.25) is 0 Å². The Morgan fingerprint density at radius 3 is 2.43 bits per heavy atom. The fraction of sp³-hybridized carbons (Fsp3) is 0.533. The van der Waals surface area contributed by atoms with E-state index in [1.165, 1.54) is 0 Å². The van der Waals surface area contributed by atoms with Gasteiger partial charge in [-0.05, 0) is 6.42 Å². The number of rotatable bonds is 8. The fourth-order valence-electron chi connectivity index (χ4n) is 1.85. The van der Waals surface area contributed by atoms with Gasteiger partial charge in [0.1, 0.15) is 23.2 Å². The summed E-state index contributed by atoms with van der Waals surface area (Å²) in [5, 5.41) is 6.53. The lowest BCUT2D eigenvalue weighted by molar-refractivity contribution is 0.465. The van der Waals surface area contributed by atoms with Crippen molar-refractivity contribution >= 4 is 11.6 Å². The van der Waals surface area contributed by atoms with Crippen molar-refractivity contribution in [1.29, 1.82) is 0 Å². The molecule has 0 fully saturated rings. The van der Waals surface area contributed by atoms with E-state index < -0.39 is 0 Å². The molecule has 2 aromatic rings. The molecule has 0 aromatic carbocycles. The van der Waals surface area contributed by atoms with Crippen LogP contribution in [0.15, 0.2) is 16.7 Å². The van der Waals surface area contributed by atoms with E-state index in [2.05, 4.69) is 32.5 Å². The average molecular weight is 289 g/mol. The van der Waals surface area contributed by atoms with Gasteiger partial charge in [0.15, 0.2) is 0 Å². The minimum atomic E-state index is 0.521. The zero-order valence-corrected chi connectivity index (χ0v) is 12.9. The minimum Gasteiger partial charge on any atom is -0.444 e. The van der Waals surface area contributed by atoms with Crippen molar-refractivity contribution in [1.82, 2.24) is 15.0 Å². The van der Waals surface area contributed by atoms with Crippen LogP contribution in [0.1, 0.15) is 44.7 Å². The lowest BCUT2D eigenvalue weighted by Gasteiger charge is -2.09. The van der Waals surface area contributed by atoms with E-state index in [0.717, 1.165) is 49.0 Å². The Bertz CT molecular complexity index is 567. The number of oxazole rings is 1. The van der Waals surface area contributed by atoms with Crippen LogP contribution in [0.3, 0.4) is 0 Å². The van der Waals surface area contributed by atoms with Gasteiger partial charge in [0.05, 0.1) is 12.7 Å². The number of aromatic nitrogens is 3. The van der Waals surface area contributed by atoms with E-state index >= 15 is 0 Å². The topological polar surface area (TPSA) is 75.9 Å². The molecule has 0 spiro atoms. The molecule has 0 unspecified atom stereocenters. The van der Waals surface area contributed by atoms with Crippen LogP contribution in [0.5, 0.6) is 0 Å². The maximum atomic E-state index is 5.57. The van der Waals surface area contributed by atoms with Crippen LogP contribution >= 0.6 is 0 Å². The summed E-state index contributed by atoms with van der Waals surface area (Å²) in [5.74, 6) is 4.03. The van der Waals surface area contributed by atoms with Gasteiger partial charge in [-0.3, -0.25) is 0 Å². The highest BCUT2D eigenvalue weighted by Crippen LogP contribution is 2.13. The largest absolute Gasteiger partial charge is 0.444 e. The van der Waals surface area contributed by atoms with Gasteiger partial charge in [0.25, 0.3) is 0 Å². The third-order valence-electron chi connectivity index (χ3n) is 3.02. The molecule has 2 aromatic heterocycles. The molecule has 0 saturated heterocycles. The Morgan fingerprint density at radius 1 is 1.05 bits per heavy atom.